The van der Waals surface area contributed by atoms with Gasteiger partial charge in [0.15, 0.2) is 11.5 Å². The topological polar surface area (TPSA) is 114 Å². The van der Waals surface area contributed by atoms with Crippen molar-refractivity contribution < 1.29 is 19.2 Å². The molecule has 8 nitrogen and oxygen atoms in total. The number of rotatable bonds is 8. The summed E-state index contributed by atoms with van der Waals surface area (Å²) in [7, 11) is 1.45. The predicted octanol–water partition coefficient (Wildman–Crippen LogP) is 6.69. The summed E-state index contributed by atoms with van der Waals surface area (Å²) < 4.78 is 11.3. The van der Waals surface area contributed by atoms with Crippen LogP contribution in [0, 0.1) is 21.4 Å². The zero-order valence-corrected chi connectivity index (χ0v) is 20.3. The summed E-state index contributed by atoms with van der Waals surface area (Å²) >= 11 is 18.2. The van der Waals surface area contributed by atoms with Gasteiger partial charge >= 0.3 is 0 Å². The smallest absolute Gasteiger partial charge is 0.271 e. The van der Waals surface area contributed by atoms with Crippen molar-refractivity contribution in [3.8, 4) is 17.6 Å². The second-order valence-corrected chi connectivity index (χ2v) is 8.20. The molecule has 0 aliphatic rings. The predicted molar refractivity (Wildman–Crippen MR) is 134 cm³/mol. The molecular weight excluding hydrogens is 517 g/mol. The molecule has 178 valence electrons. The first-order chi connectivity index (χ1) is 16.7. The van der Waals surface area contributed by atoms with Crippen LogP contribution in [0.4, 0.5) is 11.4 Å². The number of non-ortho nitro benzene ring substituents is 1. The van der Waals surface area contributed by atoms with E-state index < -0.39 is 10.8 Å². The number of nitrogens with zero attached hydrogens (tertiary/aromatic N) is 2. The van der Waals surface area contributed by atoms with E-state index in [0.717, 1.165) is 6.07 Å². The molecule has 1 amide bonds. The van der Waals surface area contributed by atoms with Crippen molar-refractivity contribution in [1.29, 1.82) is 5.26 Å². The van der Waals surface area contributed by atoms with Gasteiger partial charge in [0.25, 0.3) is 11.6 Å². The molecule has 0 radical (unpaired) electrons. The van der Waals surface area contributed by atoms with Crippen molar-refractivity contribution in [3.05, 3.63) is 96.5 Å². The van der Waals surface area contributed by atoms with Crippen LogP contribution in [-0.4, -0.2) is 17.9 Å². The number of nitro benzene ring substituents is 1. The Balaban J connectivity index is 1.91. The molecule has 0 aliphatic carbocycles. The average Bonchev–Trinajstić information content (AvgIpc) is 2.83. The maximum absolute atomic E-state index is 12.8. The van der Waals surface area contributed by atoms with Gasteiger partial charge in [-0.1, -0.05) is 53.0 Å². The number of carbonyl (C=O) groups is 1. The maximum Gasteiger partial charge on any atom is 0.271 e. The molecule has 0 atom stereocenters. The van der Waals surface area contributed by atoms with Gasteiger partial charge in [-0.3, -0.25) is 14.9 Å². The number of methoxy groups -OCH3 is 1. The number of nitriles is 1. The highest BCUT2D eigenvalue weighted by Gasteiger charge is 2.17. The lowest BCUT2D eigenvalue weighted by Gasteiger charge is -2.14. The van der Waals surface area contributed by atoms with Crippen LogP contribution >= 0.6 is 34.8 Å². The molecule has 1 N–H and O–H groups in total. The first-order valence-corrected chi connectivity index (χ1v) is 11.0. The highest BCUT2D eigenvalue weighted by Crippen LogP contribution is 2.34. The largest absolute Gasteiger partial charge is 0.493 e. The van der Waals surface area contributed by atoms with Crippen LogP contribution in [0.2, 0.25) is 15.1 Å². The van der Waals surface area contributed by atoms with E-state index in [1.807, 2.05) is 6.07 Å². The third-order valence-electron chi connectivity index (χ3n) is 4.69. The Labute approximate surface area is 215 Å². The number of para-hydroxylation sites is 1. The number of hydrogen-bond donors (Lipinski definition) is 1. The molecule has 0 fully saturated rings. The zero-order chi connectivity index (χ0) is 25.5. The summed E-state index contributed by atoms with van der Waals surface area (Å²) in [6.07, 6.45) is 1.31. The van der Waals surface area contributed by atoms with Crippen molar-refractivity contribution in [1.82, 2.24) is 0 Å². The Morgan fingerprint density at radius 1 is 1.14 bits per heavy atom. The Morgan fingerprint density at radius 2 is 1.91 bits per heavy atom. The minimum atomic E-state index is -0.815. The Morgan fingerprint density at radius 3 is 2.57 bits per heavy atom. The highest BCUT2D eigenvalue weighted by atomic mass is 35.5. The standard InChI is InChI=1S/C24H16Cl3N3O5/c1-34-22-4-2-3-14(23(22)35-13-15-5-6-17(25)10-20(15)27)9-16(12-28)24(31)29-21-11-18(30(32)33)7-8-19(21)26/h2-11H,13H2,1H3,(H,29,31)/b16-9+. The van der Waals surface area contributed by atoms with Crippen LogP contribution < -0.4 is 14.8 Å². The molecule has 0 unspecified atom stereocenters. The van der Waals surface area contributed by atoms with Crippen molar-refractivity contribution in [2.24, 2.45) is 0 Å². The number of benzene rings is 3. The van der Waals surface area contributed by atoms with Gasteiger partial charge in [0.2, 0.25) is 0 Å². The molecule has 3 aromatic rings. The summed E-state index contributed by atoms with van der Waals surface area (Å²) in [4.78, 5) is 23.2. The molecule has 3 rings (SSSR count). The molecule has 0 saturated carbocycles. The van der Waals surface area contributed by atoms with E-state index in [1.165, 1.54) is 25.3 Å². The lowest BCUT2D eigenvalue weighted by atomic mass is 10.1. The van der Waals surface area contributed by atoms with E-state index in [2.05, 4.69) is 5.32 Å². The first-order valence-electron chi connectivity index (χ1n) is 9.84. The summed E-state index contributed by atoms with van der Waals surface area (Å²) in [5.74, 6) is -0.178. The van der Waals surface area contributed by atoms with Gasteiger partial charge in [0, 0.05) is 33.3 Å². The highest BCUT2D eigenvalue weighted by molar-refractivity contribution is 6.35. The molecule has 0 spiro atoms. The fraction of sp³-hybridized carbons (Fsp3) is 0.0833. The van der Waals surface area contributed by atoms with Crippen molar-refractivity contribution >= 4 is 58.2 Å². The van der Waals surface area contributed by atoms with Gasteiger partial charge in [-0.25, -0.2) is 0 Å². The van der Waals surface area contributed by atoms with Gasteiger partial charge in [-0.05, 0) is 30.3 Å². The number of halogens is 3. The summed E-state index contributed by atoms with van der Waals surface area (Å²) in [6.45, 7) is 0.0641. The number of nitrogens with one attached hydrogen (secondary N) is 1. The van der Waals surface area contributed by atoms with E-state index >= 15 is 0 Å². The van der Waals surface area contributed by atoms with E-state index in [0.29, 0.717) is 26.9 Å². The second-order valence-electron chi connectivity index (χ2n) is 6.95. The van der Waals surface area contributed by atoms with E-state index in [4.69, 9.17) is 44.3 Å². The molecule has 0 heterocycles. The first kappa shape index (κ1) is 25.8. The monoisotopic (exact) mass is 531 g/mol. The molecule has 11 heteroatoms. The number of hydrogen-bond acceptors (Lipinski definition) is 6. The number of amides is 1. The van der Waals surface area contributed by atoms with Crippen molar-refractivity contribution in [2.45, 2.75) is 6.61 Å². The van der Waals surface area contributed by atoms with E-state index in [-0.39, 0.29) is 34.3 Å². The maximum atomic E-state index is 12.8. The van der Waals surface area contributed by atoms with Crippen LogP contribution in [-0.2, 0) is 11.4 Å². The Bertz CT molecular complexity index is 1370. The molecule has 3 aromatic carbocycles. The van der Waals surface area contributed by atoms with Gasteiger partial charge in [-0.15, -0.1) is 0 Å². The average molecular weight is 533 g/mol. The van der Waals surface area contributed by atoms with E-state index in [1.54, 1.807) is 36.4 Å². The molecule has 0 aromatic heterocycles. The van der Waals surface area contributed by atoms with Crippen LogP contribution in [0.15, 0.2) is 60.2 Å². The second kappa shape index (κ2) is 11.6. The summed E-state index contributed by atoms with van der Waals surface area (Å²) in [6, 6.07) is 15.3. The molecule has 0 aliphatic heterocycles. The Kier molecular flexibility index (Phi) is 8.55. The number of nitro groups is 1. The minimum absolute atomic E-state index is 0.00786. The third-order valence-corrected chi connectivity index (χ3v) is 5.61. The van der Waals surface area contributed by atoms with E-state index in [9.17, 15) is 20.2 Å². The van der Waals surface area contributed by atoms with Gasteiger partial charge < -0.3 is 14.8 Å². The zero-order valence-electron chi connectivity index (χ0n) is 18.1. The number of carbonyl (C=O) groups excluding carboxylic acids is 1. The lowest BCUT2D eigenvalue weighted by Crippen LogP contribution is -2.14. The van der Waals surface area contributed by atoms with Crippen molar-refractivity contribution in [3.63, 3.8) is 0 Å². The molecule has 0 bridgehead atoms. The molecule has 0 saturated heterocycles. The van der Waals surface area contributed by atoms with Crippen LogP contribution in [0.5, 0.6) is 11.5 Å². The van der Waals surface area contributed by atoms with Gasteiger partial charge in [-0.2, -0.15) is 5.26 Å². The van der Waals surface area contributed by atoms with Crippen LogP contribution in [0.3, 0.4) is 0 Å². The van der Waals surface area contributed by atoms with Gasteiger partial charge in [0.1, 0.15) is 18.2 Å². The molecule has 35 heavy (non-hydrogen) atoms. The van der Waals surface area contributed by atoms with Crippen molar-refractivity contribution in [2.75, 3.05) is 12.4 Å². The van der Waals surface area contributed by atoms with Crippen LogP contribution in [0.25, 0.3) is 6.08 Å². The summed E-state index contributed by atoms with van der Waals surface area (Å²) in [5.41, 5.74) is 0.472. The minimum Gasteiger partial charge on any atom is -0.493 e. The quantitative estimate of drug-likeness (QED) is 0.150. The lowest BCUT2D eigenvalue weighted by molar-refractivity contribution is -0.384. The third kappa shape index (κ3) is 6.43. The number of ether oxygens (including phenoxy) is 2. The normalized spacial score (nSPS) is 10.9. The SMILES string of the molecule is COc1cccc(/C=C(\C#N)C(=O)Nc2cc([N+](=O)[O-])ccc2Cl)c1OCc1ccc(Cl)cc1Cl. The van der Waals surface area contributed by atoms with Gasteiger partial charge in [0.05, 0.1) is 22.7 Å². The Hall–Kier alpha value is -3.77. The number of anilines is 1. The van der Waals surface area contributed by atoms with Crippen LogP contribution in [0.1, 0.15) is 11.1 Å². The fourth-order valence-electron chi connectivity index (χ4n) is 2.97. The fourth-order valence-corrected chi connectivity index (χ4v) is 3.59. The molecular formula is C24H16Cl3N3O5. The summed E-state index contributed by atoms with van der Waals surface area (Å²) in [5, 5.41) is 24.0.